The van der Waals surface area contributed by atoms with E-state index in [1.807, 2.05) is 34.8 Å². The first-order valence-corrected chi connectivity index (χ1v) is 7.34. The number of ether oxygens (including phenoxy) is 1. The Kier molecular flexibility index (Phi) is 5.61. The molecule has 1 fully saturated rings. The van der Waals surface area contributed by atoms with Crippen LogP contribution in [-0.4, -0.2) is 55.8 Å². The molecular weight excluding hydrogens is 254 g/mol. The number of likely N-dealkylation sites (tertiary alicyclic amines) is 1. The van der Waals surface area contributed by atoms with Crippen LogP contribution in [-0.2, 0) is 11.3 Å². The van der Waals surface area contributed by atoms with Gasteiger partial charge < -0.3 is 19.5 Å². The standard InChI is InChI=1S/C15H25N3O2/c1-16-11-13-5-3-8-18(12-13)15(19)14-6-4-7-17(14)9-10-20-2/h4,6-7,13,16H,3,5,8-12H2,1-2H3. The lowest BCUT2D eigenvalue weighted by atomic mass is 9.98. The quantitative estimate of drug-likeness (QED) is 0.851. The van der Waals surface area contributed by atoms with Crippen LogP contribution in [0.1, 0.15) is 23.3 Å². The predicted molar refractivity (Wildman–Crippen MR) is 78.9 cm³/mol. The lowest BCUT2D eigenvalue weighted by molar-refractivity contribution is 0.0661. The van der Waals surface area contributed by atoms with E-state index in [1.165, 1.54) is 6.42 Å². The smallest absolute Gasteiger partial charge is 0.270 e. The van der Waals surface area contributed by atoms with Crippen LogP contribution >= 0.6 is 0 Å². The Balaban J connectivity index is 2.01. The molecule has 0 aromatic carbocycles. The fourth-order valence-corrected chi connectivity index (χ4v) is 2.86. The molecule has 5 heteroatoms. The minimum absolute atomic E-state index is 0.145. The summed E-state index contributed by atoms with van der Waals surface area (Å²) >= 11 is 0. The first-order valence-electron chi connectivity index (χ1n) is 7.34. The number of nitrogens with zero attached hydrogens (tertiary/aromatic N) is 2. The van der Waals surface area contributed by atoms with Crippen molar-refractivity contribution in [1.29, 1.82) is 0 Å². The molecule has 1 N–H and O–H groups in total. The highest BCUT2D eigenvalue weighted by molar-refractivity contribution is 5.92. The molecule has 20 heavy (non-hydrogen) atoms. The molecule has 112 valence electrons. The lowest BCUT2D eigenvalue weighted by Crippen LogP contribution is -2.43. The van der Waals surface area contributed by atoms with Gasteiger partial charge in [-0.15, -0.1) is 0 Å². The van der Waals surface area contributed by atoms with E-state index in [0.29, 0.717) is 12.5 Å². The van der Waals surface area contributed by atoms with Crippen molar-refractivity contribution < 1.29 is 9.53 Å². The third kappa shape index (κ3) is 3.61. The first-order chi connectivity index (χ1) is 9.76. The maximum absolute atomic E-state index is 12.6. The molecule has 1 amide bonds. The molecule has 0 saturated carbocycles. The number of methoxy groups -OCH3 is 1. The number of hydrogen-bond donors (Lipinski definition) is 1. The summed E-state index contributed by atoms with van der Waals surface area (Å²) in [6.45, 7) is 4.05. The Morgan fingerprint density at radius 2 is 2.40 bits per heavy atom. The van der Waals surface area contributed by atoms with Crippen molar-refractivity contribution in [2.75, 3.05) is 40.4 Å². The van der Waals surface area contributed by atoms with Crippen molar-refractivity contribution in [3.8, 4) is 0 Å². The second-order valence-electron chi connectivity index (χ2n) is 5.40. The van der Waals surface area contributed by atoms with Gasteiger partial charge in [0.05, 0.1) is 6.61 Å². The summed E-state index contributed by atoms with van der Waals surface area (Å²) in [4.78, 5) is 14.6. The highest BCUT2D eigenvalue weighted by Gasteiger charge is 2.25. The highest BCUT2D eigenvalue weighted by atomic mass is 16.5. The monoisotopic (exact) mass is 279 g/mol. The van der Waals surface area contributed by atoms with Gasteiger partial charge in [0.1, 0.15) is 5.69 Å². The molecule has 1 saturated heterocycles. The summed E-state index contributed by atoms with van der Waals surface area (Å²) < 4.78 is 7.07. The molecule has 2 heterocycles. The van der Waals surface area contributed by atoms with Crippen molar-refractivity contribution in [2.45, 2.75) is 19.4 Å². The minimum Gasteiger partial charge on any atom is -0.383 e. The maximum atomic E-state index is 12.6. The number of rotatable bonds is 6. The predicted octanol–water partition coefficient (Wildman–Crippen LogP) is 1.21. The summed E-state index contributed by atoms with van der Waals surface area (Å²) in [6, 6.07) is 3.83. The zero-order valence-electron chi connectivity index (χ0n) is 12.5. The summed E-state index contributed by atoms with van der Waals surface area (Å²) in [5.74, 6) is 0.715. The van der Waals surface area contributed by atoms with Crippen LogP contribution in [0.4, 0.5) is 0 Å². The van der Waals surface area contributed by atoms with Crippen LogP contribution in [0.5, 0.6) is 0 Å². The molecule has 5 nitrogen and oxygen atoms in total. The number of aromatic nitrogens is 1. The zero-order valence-corrected chi connectivity index (χ0v) is 12.5. The van der Waals surface area contributed by atoms with E-state index >= 15 is 0 Å². The Morgan fingerprint density at radius 3 is 3.15 bits per heavy atom. The Bertz CT molecular complexity index is 429. The number of hydrogen-bond acceptors (Lipinski definition) is 3. The molecule has 0 radical (unpaired) electrons. The topological polar surface area (TPSA) is 46.5 Å². The van der Waals surface area contributed by atoms with Crippen LogP contribution in [0.15, 0.2) is 18.3 Å². The number of amides is 1. The van der Waals surface area contributed by atoms with Gasteiger partial charge in [0, 0.05) is 32.9 Å². The highest BCUT2D eigenvalue weighted by Crippen LogP contribution is 2.18. The Hall–Kier alpha value is -1.33. The van der Waals surface area contributed by atoms with Gasteiger partial charge in [0.2, 0.25) is 0 Å². The van der Waals surface area contributed by atoms with Crippen molar-refractivity contribution >= 4 is 5.91 Å². The number of nitrogens with one attached hydrogen (secondary N) is 1. The third-order valence-corrected chi connectivity index (χ3v) is 3.88. The summed E-state index contributed by atoms with van der Waals surface area (Å²) in [7, 11) is 3.65. The molecule has 1 aliphatic rings. The van der Waals surface area contributed by atoms with Crippen LogP contribution in [0.25, 0.3) is 0 Å². The van der Waals surface area contributed by atoms with Crippen LogP contribution in [0.3, 0.4) is 0 Å². The summed E-state index contributed by atoms with van der Waals surface area (Å²) in [5.41, 5.74) is 0.771. The van der Waals surface area contributed by atoms with E-state index in [1.54, 1.807) is 7.11 Å². The number of carbonyl (C=O) groups excluding carboxylic acids is 1. The van der Waals surface area contributed by atoms with Gasteiger partial charge >= 0.3 is 0 Å². The summed E-state index contributed by atoms with van der Waals surface area (Å²) in [6.07, 6.45) is 4.24. The molecule has 1 aromatic heterocycles. The number of piperidine rings is 1. The zero-order chi connectivity index (χ0) is 14.4. The molecule has 0 spiro atoms. The van der Waals surface area contributed by atoms with Crippen LogP contribution in [0.2, 0.25) is 0 Å². The molecule has 1 aliphatic heterocycles. The largest absolute Gasteiger partial charge is 0.383 e. The van der Waals surface area contributed by atoms with E-state index in [0.717, 1.165) is 38.3 Å². The molecule has 0 bridgehead atoms. The fourth-order valence-electron chi connectivity index (χ4n) is 2.86. The van der Waals surface area contributed by atoms with Gasteiger partial charge in [-0.3, -0.25) is 4.79 Å². The van der Waals surface area contributed by atoms with Gasteiger partial charge in [-0.2, -0.15) is 0 Å². The van der Waals surface area contributed by atoms with E-state index in [9.17, 15) is 4.79 Å². The SMILES string of the molecule is CNCC1CCCN(C(=O)c2cccn2CCOC)C1. The van der Waals surface area contributed by atoms with Gasteiger partial charge in [-0.05, 0) is 44.5 Å². The van der Waals surface area contributed by atoms with Crippen molar-refractivity contribution in [3.05, 3.63) is 24.0 Å². The second-order valence-corrected chi connectivity index (χ2v) is 5.40. The fraction of sp³-hybridized carbons (Fsp3) is 0.667. The Morgan fingerprint density at radius 1 is 1.55 bits per heavy atom. The van der Waals surface area contributed by atoms with E-state index < -0.39 is 0 Å². The van der Waals surface area contributed by atoms with Gasteiger partial charge in [-0.25, -0.2) is 0 Å². The molecule has 1 atom stereocenters. The Labute approximate surface area is 120 Å². The summed E-state index contributed by atoms with van der Waals surface area (Å²) in [5, 5.41) is 3.21. The van der Waals surface area contributed by atoms with Crippen molar-refractivity contribution in [2.24, 2.45) is 5.92 Å². The van der Waals surface area contributed by atoms with Crippen LogP contribution in [0, 0.1) is 5.92 Å². The van der Waals surface area contributed by atoms with E-state index in [-0.39, 0.29) is 5.91 Å². The molecule has 1 unspecified atom stereocenters. The van der Waals surface area contributed by atoms with Crippen molar-refractivity contribution in [1.82, 2.24) is 14.8 Å². The normalized spacial score (nSPS) is 19.3. The third-order valence-electron chi connectivity index (χ3n) is 3.88. The minimum atomic E-state index is 0.145. The van der Waals surface area contributed by atoms with Crippen molar-refractivity contribution in [3.63, 3.8) is 0 Å². The average molecular weight is 279 g/mol. The molecule has 0 aliphatic carbocycles. The molecule has 1 aromatic rings. The maximum Gasteiger partial charge on any atom is 0.270 e. The van der Waals surface area contributed by atoms with Gasteiger partial charge in [-0.1, -0.05) is 0 Å². The van der Waals surface area contributed by atoms with E-state index in [4.69, 9.17) is 4.74 Å². The van der Waals surface area contributed by atoms with E-state index in [2.05, 4.69) is 5.32 Å². The average Bonchev–Trinajstić information content (AvgIpc) is 2.93. The molecule has 2 rings (SSSR count). The second kappa shape index (κ2) is 7.45. The number of carbonyl (C=O) groups is 1. The van der Waals surface area contributed by atoms with Gasteiger partial charge in [0.15, 0.2) is 0 Å². The molecular formula is C15H25N3O2. The first kappa shape index (κ1) is 15.1. The lowest BCUT2D eigenvalue weighted by Gasteiger charge is -2.33. The van der Waals surface area contributed by atoms with Crippen LogP contribution < -0.4 is 5.32 Å². The van der Waals surface area contributed by atoms with Gasteiger partial charge in [0.25, 0.3) is 5.91 Å².